The van der Waals surface area contributed by atoms with Gasteiger partial charge in [0.25, 0.3) is 6.71 Å². The maximum absolute atomic E-state index is 2.68. The molecule has 0 unspecified atom stereocenters. The molecule has 0 radical (unpaired) electrons. The van der Waals surface area contributed by atoms with E-state index in [0.717, 1.165) is 0 Å². The van der Waals surface area contributed by atoms with E-state index in [2.05, 4.69) is 282 Å². The van der Waals surface area contributed by atoms with E-state index in [1.54, 1.807) is 0 Å². The van der Waals surface area contributed by atoms with E-state index in [1.807, 2.05) is 0 Å². The highest BCUT2D eigenvalue weighted by atomic mass is 15.0. The molecule has 0 fully saturated rings. The number of hydrogen-bond acceptors (Lipinski definition) is 0. The number of hydrogen-bond donors (Lipinski definition) is 0. The third-order valence-electron chi connectivity index (χ3n) is 21.7. The molecule has 0 N–H and O–H groups in total. The van der Waals surface area contributed by atoms with Crippen molar-refractivity contribution in [2.75, 3.05) is 0 Å². The molecule has 2 aliphatic rings. The second kappa shape index (κ2) is 15.9. The second-order valence-electron chi connectivity index (χ2n) is 25.6. The highest BCUT2D eigenvalue weighted by molar-refractivity contribution is 7.00. The lowest BCUT2D eigenvalue weighted by atomic mass is 9.34. The quantitative estimate of drug-likeness (QED) is 0.121. The van der Waals surface area contributed by atoms with Crippen molar-refractivity contribution in [2.45, 2.75) is 0 Å². The van der Waals surface area contributed by atoms with E-state index < -0.39 is 0 Å². The molecule has 23 rings (SSSR count). The van der Waals surface area contributed by atoms with E-state index >= 15 is 0 Å². The van der Waals surface area contributed by atoms with Gasteiger partial charge in [-0.1, -0.05) is 237 Å². The van der Waals surface area contributed by atoms with Gasteiger partial charge in [-0.2, -0.15) is 0 Å². The fourth-order valence-electron chi connectivity index (χ4n) is 18.2. The predicted octanol–water partition coefficient (Wildman–Crippen LogP) is 21.1. The van der Waals surface area contributed by atoms with E-state index in [0.29, 0.717) is 0 Å². The Bertz CT molecular complexity index is 6850. The van der Waals surface area contributed by atoms with Crippen LogP contribution in [0.4, 0.5) is 0 Å². The standard InChI is InChI=1S/C86H45BN2/c1-3-20-60-56(16-1)58-18-5-7-22-62(58)80-66(60)39-41-73-82(80)69-43-53(55-36-31-51-29-27-47-13-10-15-49-33-38-65(55)79(51)77(47)49)44-70-85(69)89(73)75-25-11-24-74-84(75)87(70)71-45-67-61-21-4-2-17-57(61)59-19-6-8-23-63(59)81(67)83-68-42-52(34-40-72(68)88(74)86(71)83)54-35-30-50-28-26-46-12-9-14-48-32-37-64(54)78(50)76(46)48/h1-45H. The molecule has 2 aromatic heterocycles. The van der Waals surface area contributed by atoms with E-state index in [-0.39, 0.29) is 6.71 Å². The summed E-state index contributed by atoms with van der Waals surface area (Å²) in [7, 11) is 0. The minimum atomic E-state index is -0.116. The van der Waals surface area contributed by atoms with E-state index in [4.69, 9.17) is 0 Å². The summed E-state index contributed by atoms with van der Waals surface area (Å²) >= 11 is 0. The van der Waals surface area contributed by atoms with Crippen LogP contribution in [-0.4, -0.2) is 15.8 Å². The summed E-state index contributed by atoms with van der Waals surface area (Å²) in [5.41, 5.74) is 16.5. The number of fused-ring (bicyclic) bond motifs is 24. The maximum Gasteiger partial charge on any atom is 0.252 e. The fraction of sp³-hybridized carbons (Fsp3) is 0. The molecular formula is C86H45BN2. The van der Waals surface area contributed by atoms with Crippen molar-refractivity contribution >= 4 is 196 Å². The lowest BCUT2D eigenvalue weighted by molar-refractivity contribution is 1.14. The summed E-state index contributed by atoms with van der Waals surface area (Å²) in [4.78, 5) is 0. The van der Waals surface area contributed by atoms with Crippen molar-refractivity contribution in [3.8, 4) is 33.6 Å². The highest BCUT2D eigenvalue weighted by Crippen LogP contribution is 2.51. The molecule has 0 spiro atoms. The van der Waals surface area contributed by atoms with Crippen LogP contribution in [0.1, 0.15) is 0 Å². The topological polar surface area (TPSA) is 9.86 Å². The van der Waals surface area contributed by atoms with Crippen LogP contribution >= 0.6 is 0 Å². The number of rotatable bonds is 2. The van der Waals surface area contributed by atoms with Gasteiger partial charge in [0, 0.05) is 49.2 Å². The van der Waals surface area contributed by atoms with Crippen LogP contribution in [0, 0.1) is 0 Å². The third kappa shape index (κ3) is 5.47. The SMILES string of the molecule is c1cc2c3c(c1)-n1c4ccc(-c5ccc6ccc7cccc8ccc5c6c78)cc4c4c5c6ccccc6c6ccccc6c5cc(c41)B3c1cc(-c3ccc4ccc5cccc6ccc3c4c56)cc3c4c5c6ccccc6c6ccccc6c5ccc4n-2c13. The molecule has 89 heavy (non-hydrogen) atoms. The summed E-state index contributed by atoms with van der Waals surface area (Å²) in [6.45, 7) is -0.116. The van der Waals surface area contributed by atoms with Gasteiger partial charge in [-0.3, -0.25) is 0 Å². The second-order valence-corrected chi connectivity index (χ2v) is 25.6. The molecule has 4 heterocycles. The summed E-state index contributed by atoms with van der Waals surface area (Å²) in [5.74, 6) is 0. The Morgan fingerprint density at radius 2 is 0.629 bits per heavy atom. The summed E-state index contributed by atoms with van der Waals surface area (Å²) < 4.78 is 5.36. The average molecular weight is 1120 g/mol. The highest BCUT2D eigenvalue weighted by Gasteiger charge is 2.42. The Kier molecular flexibility index (Phi) is 8.19. The minimum Gasteiger partial charge on any atom is -0.310 e. The Morgan fingerprint density at radius 1 is 0.213 bits per heavy atom. The fourth-order valence-corrected chi connectivity index (χ4v) is 18.2. The Hall–Kier alpha value is -11.5. The molecule has 2 nitrogen and oxygen atoms in total. The Morgan fingerprint density at radius 3 is 1.21 bits per heavy atom. The molecule has 0 atom stereocenters. The molecule has 0 amide bonds. The van der Waals surface area contributed by atoms with Gasteiger partial charge in [0.15, 0.2) is 0 Å². The maximum atomic E-state index is 2.68. The Balaban J connectivity index is 0.906. The first-order chi connectivity index (χ1) is 44.2. The molecule has 19 aromatic carbocycles. The number of benzene rings is 19. The van der Waals surface area contributed by atoms with Crippen LogP contribution in [0.15, 0.2) is 273 Å². The lowest BCUT2D eigenvalue weighted by Crippen LogP contribution is -2.59. The van der Waals surface area contributed by atoms with Crippen LogP contribution in [0.5, 0.6) is 0 Å². The van der Waals surface area contributed by atoms with Crippen molar-refractivity contribution < 1.29 is 0 Å². The van der Waals surface area contributed by atoms with Gasteiger partial charge in [0.05, 0.1) is 16.6 Å². The van der Waals surface area contributed by atoms with Crippen molar-refractivity contribution in [2.24, 2.45) is 0 Å². The molecule has 402 valence electrons. The van der Waals surface area contributed by atoms with Crippen LogP contribution in [-0.2, 0) is 0 Å². The van der Waals surface area contributed by atoms with Crippen LogP contribution in [0.3, 0.4) is 0 Å². The monoisotopic (exact) mass is 1120 g/mol. The predicted molar refractivity (Wildman–Crippen MR) is 383 cm³/mol. The first kappa shape index (κ1) is 45.8. The van der Waals surface area contributed by atoms with Crippen molar-refractivity contribution in [1.82, 2.24) is 9.13 Å². The van der Waals surface area contributed by atoms with E-state index in [9.17, 15) is 0 Å². The van der Waals surface area contributed by atoms with Gasteiger partial charge in [-0.25, -0.2) is 0 Å². The minimum absolute atomic E-state index is 0.116. The van der Waals surface area contributed by atoms with Crippen molar-refractivity contribution in [3.63, 3.8) is 0 Å². The third-order valence-corrected chi connectivity index (χ3v) is 21.7. The van der Waals surface area contributed by atoms with Gasteiger partial charge < -0.3 is 9.13 Å². The van der Waals surface area contributed by atoms with Gasteiger partial charge in [0.2, 0.25) is 0 Å². The van der Waals surface area contributed by atoms with Crippen LogP contribution in [0.25, 0.3) is 207 Å². The van der Waals surface area contributed by atoms with Gasteiger partial charge in [-0.15, -0.1) is 0 Å². The van der Waals surface area contributed by atoms with E-state index in [1.165, 1.54) is 223 Å². The molecule has 3 heteroatoms. The zero-order chi connectivity index (χ0) is 57.2. The summed E-state index contributed by atoms with van der Waals surface area (Å²) in [5, 5.41) is 36.3. The summed E-state index contributed by atoms with van der Waals surface area (Å²) in [6, 6.07) is 106. The smallest absolute Gasteiger partial charge is 0.252 e. The average Bonchev–Trinajstić information content (AvgIpc) is 1.56. The van der Waals surface area contributed by atoms with Gasteiger partial charge in [-0.05, 0) is 194 Å². The van der Waals surface area contributed by atoms with Crippen LogP contribution in [0.2, 0.25) is 0 Å². The summed E-state index contributed by atoms with van der Waals surface area (Å²) in [6.07, 6.45) is 0. The van der Waals surface area contributed by atoms with Crippen LogP contribution < -0.4 is 16.4 Å². The van der Waals surface area contributed by atoms with Gasteiger partial charge in [0.1, 0.15) is 0 Å². The largest absolute Gasteiger partial charge is 0.310 e. The van der Waals surface area contributed by atoms with Crippen molar-refractivity contribution in [1.29, 1.82) is 0 Å². The first-order valence-electron chi connectivity index (χ1n) is 31.3. The van der Waals surface area contributed by atoms with Gasteiger partial charge >= 0.3 is 0 Å². The first-order valence-corrected chi connectivity index (χ1v) is 31.3. The zero-order valence-corrected chi connectivity index (χ0v) is 48.0. The zero-order valence-electron chi connectivity index (χ0n) is 48.0. The number of nitrogens with zero attached hydrogens (tertiary/aromatic N) is 2. The number of aromatic nitrogens is 2. The molecule has 2 aliphatic heterocycles. The molecule has 0 saturated carbocycles. The molecule has 0 aliphatic carbocycles. The molecule has 0 saturated heterocycles. The van der Waals surface area contributed by atoms with Crippen molar-refractivity contribution in [3.05, 3.63) is 273 Å². The molecule has 21 aromatic rings. The lowest BCUT2D eigenvalue weighted by Gasteiger charge is -2.34. The molecule has 0 bridgehead atoms. The molecular weight excluding hydrogens is 1070 g/mol. The Labute approximate surface area is 508 Å². The normalized spacial score (nSPS) is 13.1.